The van der Waals surface area contributed by atoms with Gasteiger partial charge in [0, 0.05) is 11.5 Å². The van der Waals surface area contributed by atoms with Gasteiger partial charge in [-0.15, -0.1) is 0 Å². The lowest BCUT2D eigenvalue weighted by molar-refractivity contribution is -0.136. The lowest BCUT2D eigenvalue weighted by atomic mass is 9.95. The maximum Gasteiger partial charge on any atom is 0.309 e. The summed E-state index contributed by atoms with van der Waals surface area (Å²) >= 11 is 4.28. The number of amides is 2. The molecule has 158 valence electrons. The summed E-state index contributed by atoms with van der Waals surface area (Å²) in [6.45, 7) is 0. The summed E-state index contributed by atoms with van der Waals surface area (Å²) in [5.41, 5.74) is 1.15. The number of anilines is 2. The molecule has 1 fully saturated rings. The van der Waals surface area contributed by atoms with Gasteiger partial charge in [0.05, 0.1) is 21.6 Å². The number of ketones is 1. The van der Waals surface area contributed by atoms with E-state index in [1.807, 2.05) is 0 Å². The molecule has 3 N–H and O–H groups in total. The van der Waals surface area contributed by atoms with Gasteiger partial charge in [0.1, 0.15) is 6.42 Å². The highest BCUT2D eigenvalue weighted by Crippen LogP contribution is 2.31. The highest BCUT2D eigenvalue weighted by atomic mass is 79.9. The number of thiazole rings is 1. The van der Waals surface area contributed by atoms with Crippen molar-refractivity contribution >= 4 is 61.7 Å². The first-order valence-electron chi connectivity index (χ1n) is 9.43. The number of rotatable bonds is 8. The number of hydrogen-bond donors (Lipinski definition) is 3. The fourth-order valence-electron chi connectivity index (χ4n) is 3.36. The van der Waals surface area contributed by atoms with Crippen LogP contribution in [0.15, 0.2) is 28.1 Å². The van der Waals surface area contributed by atoms with E-state index in [1.54, 1.807) is 24.3 Å². The Morgan fingerprint density at radius 3 is 2.47 bits per heavy atom. The van der Waals surface area contributed by atoms with Crippen LogP contribution in [0.1, 0.15) is 48.2 Å². The number of carbonyl (C=O) groups is 4. The predicted molar refractivity (Wildman–Crippen MR) is 116 cm³/mol. The van der Waals surface area contributed by atoms with E-state index in [1.165, 1.54) is 0 Å². The first-order valence-corrected chi connectivity index (χ1v) is 11.0. The molecule has 0 saturated heterocycles. The van der Waals surface area contributed by atoms with Crippen LogP contribution >= 0.6 is 27.3 Å². The molecular weight excluding hydrogens is 474 g/mol. The van der Waals surface area contributed by atoms with E-state index < -0.39 is 24.2 Å². The summed E-state index contributed by atoms with van der Waals surface area (Å²) in [5.74, 6) is -2.18. The normalized spacial score (nSPS) is 13.8. The molecule has 30 heavy (non-hydrogen) atoms. The highest BCUT2D eigenvalue weighted by molar-refractivity contribution is 9.11. The molecule has 0 bridgehead atoms. The molecule has 1 aliphatic carbocycles. The van der Waals surface area contributed by atoms with E-state index in [0.717, 1.165) is 37.0 Å². The average molecular weight is 494 g/mol. The van der Waals surface area contributed by atoms with Gasteiger partial charge < -0.3 is 15.7 Å². The van der Waals surface area contributed by atoms with Gasteiger partial charge in [-0.2, -0.15) is 0 Å². The van der Waals surface area contributed by atoms with Crippen molar-refractivity contribution in [1.29, 1.82) is 0 Å². The highest BCUT2D eigenvalue weighted by Gasteiger charge is 2.26. The zero-order valence-electron chi connectivity index (χ0n) is 15.9. The third-order valence-electron chi connectivity index (χ3n) is 4.73. The van der Waals surface area contributed by atoms with E-state index >= 15 is 0 Å². The number of aliphatic carboxylic acids is 1. The molecule has 3 rings (SSSR count). The average Bonchev–Trinajstić information content (AvgIpc) is 3.31. The largest absolute Gasteiger partial charge is 0.481 e. The van der Waals surface area contributed by atoms with E-state index in [0.29, 0.717) is 20.7 Å². The van der Waals surface area contributed by atoms with Crippen LogP contribution < -0.4 is 10.6 Å². The number of nitrogens with one attached hydrogen (secondary N) is 2. The molecule has 2 aromatic rings. The number of nitrogens with zero attached hydrogens (tertiary/aromatic N) is 1. The van der Waals surface area contributed by atoms with Crippen molar-refractivity contribution in [1.82, 2.24) is 4.98 Å². The number of carboxylic acids is 1. The monoisotopic (exact) mass is 493 g/mol. The summed E-state index contributed by atoms with van der Waals surface area (Å²) < 4.78 is 0.504. The Labute approximate surface area is 185 Å². The van der Waals surface area contributed by atoms with Gasteiger partial charge in [-0.05, 0) is 40.9 Å². The second-order valence-electron chi connectivity index (χ2n) is 6.97. The molecule has 8 nitrogen and oxygen atoms in total. The minimum Gasteiger partial charge on any atom is -0.481 e. The molecule has 0 radical (unpaired) electrons. The minimum atomic E-state index is -1.04. The van der Waals surface area contributed by atoms with Crippen LogP contribution in [-0.4, -0.2) is 33.7 Å². The van der Waals surface area contributed by atoms with Gasteiger partial charge in [-0.25, -0.2) is 4.98 Å². The molecule has 0 unspecified atom stereocenters. The number of hydrogen-bond acceptors (Lipinski definition) is 6. The first kappa shape index (κ1) is 22.1. The number of carbonyl (C=O) groups excluding carboxylic acids is 3. The van der Waals surface area contributed by atoms with Crippen LogP contribution in [0.3, 0.4) is 0 Å². The maximum absolute atomic E-state index is 12.7. The zero-order chi connectivity index (χ0) is 21.7. The van der Waals surface area contributed by atoms with E-state index in [4.69, 9.17) is 5.11 Å². The summed E-state index contributed by atoms with van der Waals surface area (Å²) in [7, 11) is 0. The van der Waals surface area contributed by atoms with Crippen molar-refractivity contribution in [3.63, 3.8) is 0 Å². The Hall–Kier alpha value is -2.59. The quantitative estimate of drug-likeness (QED) is 0.378. The minimum absolute atomic E-state index is 0.0188. The number of halogens is 1. The molecule has 0 atom stereocenters. The molecule has 0 spiro atoms. The Balaban J connectivity index is 1.60. The SMILES string of the molecule is O=C(O)Cc1nc(NC(=O)CC(=O)Nc2ccccc2C(=O)C2CCCC2)sc1Br. The Morgan fingerprint density at radius 1 is 1.10 bits per heavy atom. The Kier molecular flexibility index (Phi) is 7.33. The fraction of sp³-hybridized carbons (Fsp3) is 0.350. The van der Waals surface area contributed by atoms with E-state index in [-0.39, 0.29) is 23.3 Å². The van der Waals surface area contributed by atoms with Crippen LogP contribution in [0, 0.1) is 5.92 Å². The molecule has 10 heteroatoms. The van der Waals surface area contributed by atoms with Crippen molar-refractivity contribution in [3.8, 4) is 0 Å². The second-order valence-corrected chi connectivity index (χ2v) is 9.29. The molecule has 1 heterocycles. The van der Waals surface area contributed by atoms with Crippen LogP contribution in [0.25, 0.3) is 0 Å². The molecule has 2 amide bonds. The third kappa shape index (κ3) is 5.73. The van der Waals surface area contributed by atoms with Gasteiger partial charge in [-0.1, -0.05) is 36.3 Å². The van der Waals surface area contributed by atoms with E-state index in [2.05, 4.69) is 31.5 Å². The topological polar surface area (TPSA) is 125 Å². The van der Waals surface area contributed by atoms with Gasteiger partial charge in [0.15, 0.2) is 10.9 Å². The van der Waals surface area contributed by atoms with Crippen molar-refractivity contribution in [2.75, 3.05) is 10.6 Å². The van der Waals surface area contributed by atoms with Crippen molar-refractivity contribution in [3.05, 3.63) is 39.3 Å². The van der Waals surface area contributed by atoms with Gasteiger partial charge in [0.2, 0.25) is 11.8 Å². The van der Waals surface area contributed by atoms with Gasteiger partial charge in [-0.3, -0.25) is 19.2 Å². The molecule has 1 aromatic heterocycles. The Bertz CT molecular complexity index is 985. The lowest BCUT2D eigenvalue weighted by Gasteiger charge is -2.13. The molecular formula is C20H20BrN3O5S. The molecule has 1 saturated carbocycles. The zero-order valence-corrected chi connectivity index (χ0v) is 18.3. The summed E-state index contributed by atoms with van der Waals surface area (Å²) in [4.78, 5) is 52.1. The Morgan fingerprint density at radius 2 is 1.77 bits per heavy atom. The summed E-state index contributed by atoms with van der Waals surface area (Å²) in [6, 6.07) is 6.80. The number of para-hydroxylation sites is 1. The van der Waals surface area contributed by atoms with Crippen molar-refractivity contribution in [2.45, 2.75) is 38.5 Å². The molecule has 0 aliphatic heterocycles. The first-order chi connectivity index (χ1) is 14.3. The van der Waals surface area contributed by atoms with Gasteiger partial charge in [0.25, 0.3) is 0 Å². The van der Waals surface area contributed by atoms with Gasteiger partial charge >= 0.3 is 5.97 Å². The summed E-state index contributed by atoms with van der Waals surface area (Å²) in [5, 5.41) is 14.2. The summed E-state index contributed by atoms with van der Waals surface area (Å²) in [6.07, 6.45) is 3.04. The van der Waals surface area contributed by atoms with Crippen molar-refractivity contribution in [2.24, 2.45) is 5.92 Å². The van der Waals surface area contributed by atoms with E-state index in [9.17, 15) is 19.2 Å². The number of aromatic nitrogens is 1. The number of carboxylic acid groups (broad SMARTS) is 1. The van der Waals surface area contributed by atoms with Crippen molar-refractivity contribution < 1.29 is 24.3 Å². The van der Waals surface area contributed by atoms with Crippen LogP contribution in [0.2, 0.25) is 0 Å². The fourth-order valence-corrected chi connectivity index (χ4v) is 4.77. The molecule has 1 aromatic carbocycles. The third-order valence-corrected chi connectivity index (χ3v) is 6.47. The number of benzene rings is 1. The smallest absolute Gasteiger partial charge is 0.309 e. The standard InChI is InChI=1S/C20H20BrN3O5S/c21-19-14(9-17(27)28)23-20(30-19)24-16(26)10-15(25)22-13-8-4-3-7-12(13)18(29)11-5-1-2-6-11/h3-4,7-8,11H,1-2,5-6,9-10H2,(H,22,25)(H,27,28)(H,23,24,26). The lowest BCUT2D eigenvalue weighted by Crippen LogP contribution is -2.23. The van der Waals surface area contributed by atoms with Crippen LogP contribution in [0.5, 0.6) is 0 Å². The van der Waals surface area contributed by atoms with Crippen LogP contribution in [0.4, 0.5) is 10.8 Å². The predicted octanol–water partition coefficient (Wildman–Crippen LogP) is 3.87. The number of Topliss-reactive ketones (excluding diaryl/α,β-unsaturated/α-hetero) is 1. The molecule has 1 aliphatic rings. The second kappa shape index (κ2) is 9.94. The maximum atomic E-state index is 12.7. The van der Waals surface area contributed by atoms with Crippen LogP contribution in [-0.2, 0) is 20.8 Å².